The van der Waals surface area contributed by atoms with Crippen molar-refractivity contribution < 1.29 is 9.53 Å². The molecule has 0 aliphatic rings. The molecule has 3 N–H and O–H groups in total. The molecule has 130 valence electrons. The molecule has 0 aliphatic carbocycles. The number of carbonyl (C=O) groups excluding carboxylic acids is 1. The number of rotatable bonds is 10. The summed E-state index contributed by atoms with van der Waals surface area (Å²) < 4.78 is 5.67. The Balaban J connectivity index is 2.45. The minimum absolute atomic E-state index is 0.0712. The van der Waals surface area contributed by atoms with Crippen molar-refractivity contribution in [2.45, 2.75) is 47.0 Å². The van der Waals surface area contributed by atoms with Gasteiger partial charge in [0.2, 0.25) is 5.91 Å². The van der Waals surface area contributed by atoms with Crippen LogP contribution in [-0.2, 0) is 11.2 Å². The van der Waals surface area contributed by atoms with E-state index >= 15 is 0 Å². The summed E-state index contributed by atoms with van der Waals surface area (Å²) in [4.78, 5) is 12.3. The van der Waals surface area contributed by atoms with Crippen LogP contribution in [-0.4, -0.2) is 25.6 Å². The second-order valence-electron chi connectivity index (χ2n) is 6.55. The summed E-state index contributed by atoms with van der Waals surface area (Å²) >= 11 is 0. The first-order valence-electron chi connectivity index (χ1n) is 8.67. The van der Waals surface area contributed by atoms with Crippen LogP contribution in [0.4, 0.5) is 0 Å². The standard InChI is InChI=1S/C19H32N2O2/c1-5-19(6-2,14-20)18(22)21-12-11-16-7-9-17(10-8-16)23-13-15(3)4/h7-10,15H,5-6,11-14,20H2,1-4H3,(H,21,22). The third-order valence-corrected chi connectivity index (χ3v) is 4.43. The lowest BCUT2D eigenvalue weighted by Gasteiger charge is -2.28. The molecule has 4 nitrogen and oxygen atoms in total. The maximum Gasteiger partial charge on any atom is 0.227 e. The van der Waals surface area contributed by atoms with E-state index < -0.39 is 5.41 Å². The molecule has 0 saturated carbocycles. The van der Waals surface area contributed by atoms with Crippen LogP contribution in [0.1, 0.15) is 46.1 Å². The van der Waals surface area contributed by atoms with Crippen LogP contribution in [0.15, 0.2) is 24.3 Å². The SMILES string of the molecule is CCC(CC)(CN)C(=O)NCCc1ccc(OCC(C)C)cc1. The van der Waals surface area contributed by atoms with Crippen molar-refractivity contribution in [3.8, 4) is 5.75 Å². The number of hydrogen-bond donors (Lipinski definition) is 2. The topological polar surface area (TPSA) is 64.4 Å². The fourth-order valence-corrected chi connectivity index (χ4v) is 2.48. The Morgan fingerprint density at radius 3 is 2.30 bits per heavy atom. The van der Waals surface area contributed by atoms with Gasteiger partial charge in [0.05, 0.1) is 12.0 Å². The van der Waals surface area contributed by atoms with Gasteiger partial charge in [-0.3, -0.25) is 4.79 Å². The summed E-state index contributed by atoms with van der Waals surface area (Å²) in [7, 11) is 0. The molecule has 0 radical (unpaired) electrons. The van der Waals surface area contributed by atoms with Crippen LogP contribution < -0.4 is 15.8 Å². The highest BCUT2D eigenvalue weighted by atomic mass is 16.5. The van der Waals surface area contributed by atoms with Crippen LogP contribution in [0, 0.1) is 11.3 Å². The number of nitrogens with one attached hydrogen (secondary N) is 1. The molecule has 23 heavy (non-hydrogen) atoms. The average molecular weight is 320 g/mol. The van der Waals surface area contributed by atoms with E-state index in [0.29, 0.717) is 19.0 Å². The zero-order valence-corrected chi connectivity index (χ0v) is 15.0. The molecule has 1 aromatic carbocycles. The van der Waals surface area contributed by atoms with Crippen LogP contribution in [0.3, 0.4) is 0 Å². The lowest BCUT2D eigenvalue weighted by Crippen LogP contribution is -2.45. The largest absolute Gasteiger partial charge is 0.493 e. The Bertz CT molecular complexity index is 456. The Morgan fingerprint density at radius 1 is 1.22 bits per heavy atom. The van der Waals surface area contributed by atoms with Crippen molar-refractivity contribution in [3.63, 3.8) is 0 Å². The maximum atomic E-state index is 12.3. The van der Waals surface area contributed by atoms with Crippen LogP contribution >= 0.6 is 0 Å². The van der Waals surface area contributed by atoms with Gasteiger partial charge in [-0.05, 0) is 42.9 Å². The third kappa shape index (κ3) is 5.87. The van der Waals surface area contributed by atoms with Crippen LogP contribution in [0.5, 0.6) is 5.75 Å². The van der Waals surface area contributed by atoms with E-state index in [-0.39, 0.29) is 5.91 Å². The second-order valence-corrected chi connectivity index (χ2v) is 6.55. The predicted octanol–water partition coefficient (Wildman–Crippen LogP) is 3.15. The van der Waals surface area contributed by atoms with Gasteiger partial charge >= 0.3 is 0 Å². The molecule has 0 heterocycles. The first-order chi connectivity index (χ1) is 11.0. The van der Waals surface area contributed by atoms with Gasteiger partial charge < -0.3 is 15.8 Å². The lowest BCUT2D eigenvalue weighted by molar-refractivity contribution is -0.131. The summed E-state index contributed by atoms with van der Waals surface area (Å²) in [6, 6.07) is 8.08. The number of amides is 1. The van der Waals surface area contributed by atoms with Gasteiger partial charge in [-0.1, -0.05) is 39.8 Å². The van der Waals surface area contributed by atoms with E-state index in [2.05, 4.69) is 31.3 Å². The summed E-state index contributed by atoms with van der Waals surface area (Å²) in [5.74, 6) is 1.48. The molecule has 4 heteroatoms. The Hall–Kier alpha value is -1.55. The zero-order chi connectivity index (χ0) is 17.3. The highest BCUT2D eigenvalue weighted by Crippen LogP contribution is 2.24. The van der Waals surface area contributed by atoms with Gasteiger partial charge in [0, 0.05) is 13.1 Å². The van der Waals surface area contributed by atoms with Crippen molar-refractivity contribution in [3.05, 3.63) is 29.8 Å². The molecule has 1 aromatic rings. The maximum absolute atomic E-state index is 12.3. The van der Waals surface area contributed by atoms with Crippen LogP contribution in [0.2, 0.25) is 0 Å². The molecule has 0 fully saturated rings. The molecule has 1 amide bonds. The van der Waals surface area contributed by atoms with E-state index in [1.54, 1.807) is 0 Å². The molecule has 0 spiro atoms. The number of carbonyl (C=O) groups is 1. The molecule has 0 saturated heterocycles. The monoisotopic (exact) mass is 320 g/mol. The predicted molar refractivity (Wildman–Crippen MR) is 95.6 cm³/mol. The zero-order valence-electron chi connectivity index (χ0n) is 15.0. The van der Waals surface area contributed by atoms with E-state index in [0.717, 1.165) is 31.6 Å². The van der Waals surface area contributed by atoms with Gasteiger partial charge in [0.25, 0.3) is 0 Å². The van der Waals surface area contributed by atoms with E-state index in [1.165, 1.54) is 5.56 Å². The number of benzene rings is 1. The fraction of sp³-hybridized carbons (Fsp3) is 0.632. The van der Waals surface area contributed by atoms with Crippen molar-refractivity contribution in [2.24, 2.45) is 17.1 Å². The second kappa shape index (κ2) is 9.56. The third-order valence-electron chi connectivity index (χ3n) is 4.43. The molecule has 0 atom stereocenters. The summed E-state index contributed by atoms with van der Waals surface area (Å²) in [6.07, 6.45) is 2.35. The minimum Gasteiger partial charge on any atom is -0.493 e. The minimum atomic E-state index is -0.422. The highest BCUT2D eigenvalue weighted by Gasteiger charge is 2.32. The van der Waals surface area contributed by atoms with Gasteiger partial charge in [0.15, 0.2) is 0 Å². The first-order valence-corrected chi connectivity index (χ1v) is 8.67. The van der Waals surface area contributed by atoms with Gasteiger partial charge in [0.1, 0.15) is 5.75 Å². The molecule has 0 unspecified atom stereocenters. The quantitative estimate of drug-likeness (QED) is 0.696. The van der Waals surface area contributed by atoms with Gasteiger partial charge in [-0.15, -0.1) is 0 Å². The van der Waals surface area contributed by atoms with Crippen molar-refractivity contribution in [2.75, 3.05) is 19.7 Å². The Morgan fingerprint density at radius 2 is 1.83 bits per heavy atom. The average Bonchev–Trinajstić information content (AvgIpc) is 2.56. The fourth-order valence-electron chi connectivity index (χ4n) is 2.48. The van der Waals surface area contributed by atoms with Gasteiger partial charge in [-0.2, -0.15) is 0 Å². The Labute approximate surface area is 140 Å². The molecule has 1 rings (SSSR count). The normalized spacial score (nSPS) is 11.6. The molecular weight excluding hydrogens is 288 g/mol. The van der Waals surface area contributed by atoms with Gasteiger partial charge in [-0.25, -0.2) is 0 Å². The summed E-state index contributed by atoms with van der Waals surface area (Å²) in [5, 5.41) is 3.03. The molecule has 0 aromatic heterocycles. The molecular formula is C19H32N2O2. The molecule has 0 bridgehead atoms. The first kappa shape index (κ1) is 19.5. The highest BCUT2D eigenvalue weighted by molar-refractivity contribution is 5.82. The van der Waals surface area contributed by atoms with E-state index in [1.807, 2.05) is 26.0 Å². The van der Waals surface area contributed by atoms with Crippen LogP contribution in [0.25, 0.3) is 0 Å². The number of nitrogens with two attached hydrogens (primary N) is 1. The van der Waals surface area contributed by atoms with Crippen molar-refractivity contribution in [1.29, 1.82) is 0 Å². The van der Waals surface area contributed by atoms with E-state index in [9.17, 15) is 4.79 Å². The number of ether oxygens (including phenoxy) is 1. The Kier molecular flexibility index (Phi) is 8.10. The van der Waals surface area contributed by atoms with Crippen molar-refractivity contribution in [1.82, 2.24) is 5.32 Å². The van der Waals surface area contributed by atoms with Crippen molar-refractivity contribution >= 4 is 5.91 Å². The smallest absolute Gasteiger partial charge is 0.227 e. The lowest BCUT2D eigenvalue weighted by atomic mass is 9.81. The van der Waals surface area contributed by atoms with E-state index in [4.69, 9.17) is 10.5 Å². The summed E-state index contributed by atoms with van der Waals surface area (Å²) in [6.45, 7) is 10.1. The number of hydrogen-bond acceptors (Lipinski definition) is 3. The summed E-state index contributed by atoms with van der Waals surface area (Å²) in [5.41, 5.74) is 6.57. The molecule has 0 aliphatic heterocycles.